The molecule has 0 bridgehead atoms. The van der Waals surface area contributed by atoms with Crippen LogP contribution in [0.1, 0.15) is 28.9 Å². The van der Waals surface area contributed by atoms with Crippen LogP contribution in [0.3, 0.4) is 0 Å². The Labute approximate surface area is 155 Å². The Bertz CT molecular complexity index is 760. The van der Waals surface area contributed by atoms with Crippen molar-refractivity contribution in [3.8, 4) is 0 Å². The number of hydrogen-bond acceptors (Lipinski definition) is 4. The number of carbonyl (C=O) groups is 1. The molecule has 0 unspecified atom stereocenters. The van der Waals surface area contributed by atoms with Crippen LogP contribution in [0.4, 0.5) is 11.4 Å². The Balaban J connectivity index is 1.37. The standard InChI is InChI=1S/C21H26N4O/c1-17-5-4-6-18(15-17)24-11-13-25(14-12-24)21(26)20-8-7-19(16-22-20)23-9-2-3-10-23/h4-8,15-16H,2-3,9-14H2,1H3. The summed E-state index contributed by atoms with van der Waals surface area (Å²) in [6.07, 6.45) is 4.33. The van der Waals surface area contributed by atoms with E-state index in [1.807, 2.05) is 23.2 Å². The summed E-state index contributed by atoms with van der Waals surface area (Å²) in [6, 6.07) is 12.5. The second-order valence-electron chi connectivity index (χ2n) is 7.21. The first-order valence-electron chi connectivity index (χ1n) is 9.52. The third-order valence-corrected chi connectivity index (χ3v) is 5.37. The van der Waals surface area contributed by atoms with Crippen LogP contribution in [0.25, 0.3) is 0 Å². The number of rotatable bonds is 3. The van der Waals surface area contributed by atoms with Gasteiger partial charge < -0.3 is 14.7 Å². The van der Waals surface area contributed by atoms with Gasteiger partial charge >= 0.3 is 0 Å². The highest BCUT2D eigenvalue weighted by Crippen LogP contribution is 2.21. The summed E-state index contributed by atoms with van der Waals surface area (Å²) >= 11 is 0. The van der Waals surface area contributed by atoms with E-state index in [1.54, 1.807) is 0 Å². The number of carbonyl (C=O) groups excluding carboxylic acids is 1. The van der Waals surface area contributed by atoms with Crippen molar-refractivity contribution in [2.24, 2.45) is 0 Å². The third kappa shape index (κ3) is 3.52. The Hall–Kier alpha value is -2.56. The van der Waals surface area contributed by atoms with E-state index in [0.717, 1.165) is 45.0 Å². The van der Waals surface area contributed by atoms with Crippen molar-refractivity contribution in [3.63, 3.8) is 0 Å². The van der Waals surface area contributed by atoms with Gasteiger partial charge in [-0.15, -0.1) is 0 Å². The van der Waals surface area contributed by atoms with Crippen LogP contribution >= 0.6 is 0 Å². The third-order valence-electron chi connectivity index (χ3n) is 5.37. The number of amides is 1. The largest absolute Gasteiger partial charge is 0.370 e. The van der Waals surface area contributed by atoms with Crippen LogP contribution in [0.5, 0.6) is 0 Å². The van der Waals surface area contributed by atoms with Crippen molar-refractivity contribution in [2.45, 2.75) is 19.8 Å². The molecule has 26 heavy (non-hydrogen) atoms. The summed E-state index contributed by atoms with van der Waals surface area (Å²) in [7, 11) is 0. The molecule has 2 aliphatic rings. The molecule has 4 rings (SSSR count). The topological polar surface area (TPSA) is 39.7 Å². The predicted octanol–water partition coefficient (Wildman–Crippen LogP) is 2.95. The minimum atomic E-state index is 0.0434. The lowest BCUT2D eigenvalue weighted by molar-refractivity contribution is 0.0741. The lowest BCUT2D eigenvalue weighted by Crippen LogP contribution is -2.49. The summed E-state index contributed by atoms with van der Waals surface area (Å²) in [5, 5.41) is 0. The van der Waals surface area contributed by atoms with Crippen LogP contribution in [0.2, 0.25) is 0 Å². The molecule has 1 amide bonds. The number of hydrogen-bond donors (Lipinski definition) is 0. The second kappa shape index (κ2) is 7.36. The fraction of sp³-hybridized carbons (Fsp3) is 0.429. The highest BCUT2D eigenvalue weighted by molar-refractivity contribution is 5.92. The smallest absolute Gasteiger partial charge is 0.272 e. The van der Waals surface area contributed by atoms with Gasteiger partial charge in [0, 0.05) is 45.0 Å². The summed E-state index contributed by atoms with van der Waals surface area (Å²) in [4.78, 5) is 23.8. The molecule has 3 heterocycles. The fourth-order valence-corrected chi connectivity index (χ4v) is 3.83. The average Bonchev–Trinajstić information content (AvgIpc) is 3.23. The number of aryl methyl sites for hydroxylation is 1. The van der Waals surface area contributed by atoms with Crippen molar-refractivity contribution in [1.29, 1.82) is 0 Å². The van der Waals surface area contributed by atoms with Crippen LogP contribution in [0, 0.1) is 6.92 Å². The lowest BCUT2D eigenvalue weighted by atomic mass is 10.2. The maximum atomic E-state index is 12.8. The zero-order valence-corrected chi connectivity index (χ0v) is 15.4. The van der Waals surface area contributed by atoms with Gasteiger partial charge in [-0.1, -0.05) is 12.1 Å². The number of pyridine rings is 1. The average molecular weight is 350 g/mol. The van der Waals surface area contributed by atoms with E-state index in [2.05, 4.69) is 46.0 Å². The van der Waals surface area contributed by atoms with Crippen molar-refractivity contribution < 1.29 is 4.79 Å². The molecule has 0 atom stereocenters. The summed E-state index contributed by atoms with van der Waals surface area (Å²) in [6.45, 7) is 7.50. The molecule has 5 nitrogen and oxygen atoms in total. The second-order valence-corrected chi connectivity index (χ2v) is 7.21. The van der Waals surface area contributed by atoms with Gasteiger partial charge in [-0.2, -0.15) is 0 Å². The molecule has 0 aliphatic carbocycles. The number of piperazine rings is 1. The Kier molecular flexibility index (Phi) is 4.78. The molecule has 0 N–H and O–H groups in total. The van der Waals surface area contributed by atoms with Gasteiger partial charge in [0.25, 0.3) is 5.91 Å². The van der Waals surface area contributed by atoms with E-state index in [-0.39, 0.29) is 5.91 Å². The molecule has 5 heteroatoms. The Morgan fingerprint density at radius 1 is 0.885 bits per heavy atom. The monoisotopic (exact) mass is 350 g/mol. The number of benzene rings is 1. The summed E-state index contributed by atoms with van der Waals surface area (Å²) in [5.74, 6) is 0.0434. The zero-order valence-electron chi connectivity index (χ0n) is 15.4. The van der Waals surface area contributed by atoms with Gasteiger partial charge in [-0.25, -0.2) is 4.98 Å². The predicted molar refractivity (Wildman–Crippen MR) is 105 cm³/mol. The first kappa shape index (κ1) is 16.9. The number of anilines is 2. The molecule has 0 spiro atoms. The normalized spacial score (nSPS) is 17.7. The maximum Gasteiger partial charge on any atom is 0.272 e. The molecule has 2 fully saturated rings. The molecule has 136 valence electrons. The highest BCUT2D eigenvalue weighted by Gasteiger charge is 2.23. The van der Waals surface area contributed by atoms with E-state index >= 15 is 0 Å². The highest BCUT2D eigenvalue weighted by atomic mass is 16.2. The molecule has 1 aromatic carbocycles. The van der Waals surface area contributed by atoms with E-state index in [0.29, 0.717) is 5.69 Å². The van der Waals surface area contributed by atoms with Crippen LogP contribution < -0.4 is 9.80 Å². The molecular weight excluding hydrogens is 324 g/mol. The van der Waals surface area contributed by atoms with Crippen molar-refractivity contribution >= 4 is 17.3 Å². The number of nitrogens with zero attached hydrogens (tertiary/aromatic N) is 4. The minimum Gasteiger partial charge on any atom is -0.370 e. The van der Waals surface area contributed by atoms with Crippen LogP contribution in [-0.2, 0) is 0 Å². The molecular formula is C21H26N4O. The Morgan fingerprint density at radius 3 is 2.27 bits per heavy atom. The van der Waals surface area contributed by atoms with Crippen LogP contribution in [0.15, 0.2) is 42.6 Å². The van der Waals surface area contributed by atoms with Gasteiger partial charge in [0.2, 0.25) is 0 Å². The lowest BCUT2D eigenvalue weighted by Gasteiger charge is -2.36. The molecule has 2 saturated heterocycles. The first-order valence-corrected chi connectivity index (χ1v) is 9.52. The SMILES string of the molecule is Cc1cccc(N2CCN(C(=O)c3ccc(N4CCCC4)cn3)CC2)c1. The van der Waals surface area contributed by atoms with Gasteiger partial charge in [0.1, 0.15) is 5.69 Å². The molecule has 1 aromatic heterocycles. The molecule has 0 radical (unpaired) electrons. The maximum absolute atomic E-state index is 12.8. The van der Waals surface area contributed by atoms with E-state index < -0.39 is 0 Å². The molecule has 0 saturated carbocycles. The van der Waals surface area contributed by atoms with E-state index in [9.17, 15) is 4.79 Å². The van der Waals surface area contributed by atoms with Crippen molar-refractivity contribution in [3.05, 3.63) is 53.9 Å². The van der Waals surface area contributed by atoms with E-state index in [4.69, 9.17) is 0 Å². The zero-order chi connectivity index (χ0) is 17.9. The minimum absolute atomic E-state index is 0.0434. The van der Waals surface area contributed by atoms with E-state index in [1.165, 1.54) is 24.1 Å². The van der Waals surface area contributed by atoms with Gasteiger partial charge in [0.05, 0.1) is 11.9 Å². The van der Waals surface area contributed by atoms with Gasteiger partial charge in [0.15, 0.2) is 0 Å². The summed E-state index contributed by atoms with van der Waals surface area (Å²) < 4.78 is 0. The fourth-order valence-electron chi connectivity index (χ4n) is 3.83. The Morgan fingerprint density at radius 2 is 1.62 bits per heavy atom. The first-order chi connectivity index (χ1) is 12.7. The van der Waals surface area contributed by atoms with Gasteiger partial charge in [-0.3, -0.25) is 4.79 Å². The number of aromatic nitrogens is 1. The van der Waals surface area contributed by atoms with Crippen LogP contribution in [-0.4, -0.2) is 55.1 Å². The molecule has 2 aromatic rings. The quantitative estimate of drug-likeness (QED) is 0.853. The molecule has 2 aliphatic heterocycles. The van der Waals surface area contributed by atoms with Gasteiger partial charge in [-0.05, 0) is 49.6 Å². The summed E-state index contributed by atoms with van der Waals surface area (Å²) in [5.41, 5.74) is 4.19. The van der Waals surface area contributed by atoms with Crippen molar-refractivity contribution in [1.82, 2.24) is 9.88 Å². The van der Waals surface area contributed by atoms with Crippen molar-refractivity contribution in [2.75, 3.05) is 49.1 Å².